The molecule has 4 aromatic rings. The zero-order valence-corrected chi connectivity index (χ0v) is 17.5. The van der Waals surface area contributed by atoms with Crippen molar-refractivity contribution >= 4 is 34.5 Å². The lowest BCUT2D eigenvalue weighted by Gasteiger charge is -2.14. The van der Waals surface area contributed by atoms with Crippen LogP contribution in [-0.2, 0) is 0 Å². The fraction of sp³-hybridized carbons (Fsp3) is 0.0400. The van der Waals surface area contributed by atoms with Crippen molar-refractivity contribution in [1.82, 2.24) is 0 Å². The van der Waals surface area contributed by atoms with Gasteiger partial charge in [0.1, 0.15) is 5.82 Å². The number of hydrogen-bond acceptors (Lipinski definition) is 3. The molecule has 0 bridgehead atoms. The minimum absolute atomic E-state index is 0.301. The number of anilines is 2. The van der Waals surface area contributed by atoms with Gasteiger partial charge in [-0.1, -0.05) is 23.8 Å². The molecule has 3 aromatic carbocycles. The Morgan fingerprint density at radius 2 is 1.58 bits per heavy atom. The predicted molar refractivity (Wildman–Crippen MR) is 123 cm³/mol. The van der Waals surface area contributed by atoms with E-state index < -0.39 is 11.7 Å². The molecule has 0 fully saturated rings. The summed E-state index contributed by atoms with van der Waals surface area (Å²) in [5.41, 5.74) is 4.74. The van der Waals surface area contributed by atoms with Crippen LogP contribution >= 0.6 is 11.3 Å². The predicted octanol–water partition coefficient (Wildman–Crippen LogP) is 6.37. The number of carbonyl (C=O) groups excluding carboxylic acids is 2. The number of aryl methyl sites for hydroxylation is 1. The highest BCUT2D eigenvalue weighted by Crippen LogP contribution is 2.31. The van der Waals surface area contributed by atoms with E-state index >= 15 is 0 Å². The molecule has 0 radical (unpaired) electrons. The number of nitrogens with one attached hydrogen (secondary N) is 2. The molecule has 0 unspecified atom stereocenters. The second-order valence-electron chi connectivity index (χ2n) is 7.02. The van der Waals surface area contributed by atoms with Gasteiger partial charge in [-0.2, -0.15) is 11.3 Å². The Morgan fingerprint density at radius 3 is 2.32 bits per heavy atom. The van der Waals surface area contributed by atoms with Gasteiger partial charge in [-0.05, 0) is 77.8 Å². The Bertz CT molecular complexity index is 1230. The molecule has 4 rings (SSSR count). The summed E-state index contributed by atoms with van der Waals surface area (Å²) in [6, 6.07) is 19.9. The van der Waals surface area contributed by atoms with E-state index in [9.17, 15) is 14.0 Å². The van der Waals surface area contributed by atoms with Crippen molar-refractivity contribution in [3.05, 3.63) is 106 Å². The van der Waals surface area contributed by atoms with Crippen molar-refractivity contribution in [1.29, 1.82) is 0 Å². The first-order chi connectivity index (χ1) is 15.0. The molecule has 0 saturated heterocycles. The molecule has 0 aliphatic heterocycles. The Labute approximate surface area is 183 Å². The van der Waals surface area contributed by atoms with Crippen LogP contribution in [0.5, 0.6) is 0 Å². The van der Waals surface area contributed by atoms with Gasteiger partial charge in [-0.3, -0.25) is 9.59 Å². The summed E-state index contributed by atoms with van der Waals surface area (Å²) in [6.07, 6.45) is 0. The number of benzene rings is 3. The highest BCUT2D eigenvalue weighted by Gasteiger charge is 2.16. The second-order valence-corrected chi connectivity index (χ2v) is 7.80. The third-order valence-corrected chi connectivity index (χ3v) is 5.46. The smallest absolute Gasteiger partial charge is 0.257 e. The molecule has 2 amide bonds. The number of halogens is 1. The van der Waals surface area contributed by atoms with Gasteiger partial charge in [-0.15, -0.1) is 0 Å². The average Bonchev–Trinajstić information content (AvgIpc) is 3.30. The van der Waals surface area contributed by atoms with Gasteiger partial charge in [0.15, 0.2) is 0 Å². The van der Waals surface area contributed by atoms with Gasteiger partial charge in [-0.25, -0.2) is 4.39 Å². The van der Waals surface area contributed by atoms with E-state index in [-0.39, 0.29) is 5.91 Å². The van der Waals surface area contributed by atoms with E-state index in [4.69, 9.17) is 0 Å². The number of para-hydroxylation sites is 1. The van der Waals surface area contributed by atoms with Gasteiger partial charge in [0, 0.05) is 16.8 Å². The molecule has 0 atom stereocenters. The van der Waals surface area contributed by atoms with Gasteiger partial charge in [0.25, 0.3) is 11.8 Å². The number of rotatable bonds is 5. The maximum absolute atomic E-state index is 13.1. The van der Waals surface area contributed by atoms with Crippen molar-refractivity contribution in [3.63, 3.8) is 0 Å². The SMILES string of the molecule is Cc1ccc(NC(=O)c2ccccc2NC(=O)c2ccc(F)cc2)c(-c2ccsc2)c1. The Hall–Kier alpha value is -3.77. The van der Waals surface area contributed by atoms with E-state index in [1.54, 1.807) is 35.6 Å². The van der Waals surface area contributed by atoms with Crippen LogP contribution in [0.25, 0.3) is 11.1 Å². The van der Waals surface area contributed by atoms with Crippen molar-refractivity contribution in [3.8, 4) is 11.1 Å². The van der Waals surface area contributed by atoms with Crippen LogP contribution in [0.2, 0.25) is 0 Å². The standard InChI is InChI=1S/C25H19FN2O2S/c1-16-6-11-23(21(14-16)18-12-13-31-15-18)28-25(30)20-4-2-3-5-22(20)27-24(29)17-7-9-19(26)10-8-17/h2-15H,1H3,(H,27,29)(H,28,30). The second kappa shape index (κ2) is 8.93. The summed E-state index contributed by atoms with van der Waals surface area (Å²) in [4.78, 5) is 25.6. The minimum Gasteiger partial charge on any atom is -0.321 e. The topological polar surface area (TPSA) is 58.2 Å². The third-order valence-electron chi connectivity index (χ3n) is 4.78. The maximum Gasteiger partial charge on any atom is 0.257 e. The Kier molecular flexibility index (Phi) is 5.91. The molecule has 2 N–H and O–H groups in total. The molecule has 0 spiro atoms. The largest absolute Gasteiger partial charge is 0.321 e. The van der Waals surface area contributed by atoms with Crippen LogP contribution in [0, 0.1) is 12.7 Å². The maximum atomic E-state index is 13.1. The van der Waals surface area contributed by atoms with Crippen LogP contribution in [0.1, 0.15) is 26.3 Å². The summed E-state index contributed by atoms with van der Waals surface area (Å²) in [5.74, 6) is -1.18. The first kappa shape index (κ1) is 20.5. The summed E-state index contributed by atoms with van der Waals surface area (Å²) >= 11 is 1.59. The first-order valence-corrected chi connectivity index (χ1v) is 10.6. The molecule has 4 nitrogen and oxygen atoms in total. The summed E-state index contributed by atoms with van der Waals surface area (Å²) in [5, 5.41) is 9.73. The Morgan fingerprint density at radius 1 is 0.839 bits per heavy atom. The zero-order chi connectivity index (χ0) is 21.8. The van der Waals surface area contributed by atoms with Gasteiger partial charge in [0.05, 0.1) is 11.3 Å². The fourth-order valence-corrected chi connectivity index (χ4v) is 3.86. The lowest BCUT2D eigenvalue weighted by molar-refractivity contribution is 0.102. The molecular formula is C25H19FN2O2S. The summed E-state index contributed by atoms with van der Waals surface area (Å²) in [6.45, 7) is 2.00. The molecule has 0 aliphatic carbocycles. The van der Waals surface area contributed by atoms with Crippen LogP contribution in [0.15, 0.2) is 83.6 Å². The summed E-state index contributed by atoms with van der Waals surface area (Å²) < 4.78 is 13.1. The van der Waals surface area contributed by atoms with Crippen LogP contribution < -0.4 is 10.6 Å². The van der Waals surface area contributed by atoms with E-state index in [0.717, 1.165) is 16.7 Å². The average molecular weight is 431 g/mol. The van der Waals surface area contributed by atoms with Gasteiger partial charge in [0.2, 0.25) is 0 Å². The zero-order valence-electron chi connectivity index (χ0n) is 16.7. The number of hydrogen-bond donors (Lipinski definition) is 2. The lowest BCUT2D eigenvalue weighted by atomic mass is 10.0. The molecule has 0 aliphatic rings. The van der Waals surface area contributed by atoms with Crippen LogP contribution in [0.3, 0.4) is 0 Å². The molecule has 1 heterocycles. The highest BCUT2D eigenvalue weighted by molar-refractivity contribution is 7.08. The molecule has 154 valence electrons. The molecule has 0 saturated carbocycles. The highest BCUT2D eigenvalue weighted by atomic mass is 32.1. The van der Waals surface area contributed by atoms with Gasteiger partial charge >= 0.3 is 0 Å². The molecule has 1 aromatic heterocycles. The lowest BCUT2D eigenvalue weighted by Crippen LogP contribution is -2.18. The fourth-order valence-electron chi connectivity index (χ4n) is 3.20. The van der Waals surface area contributed by atoms with Crippen molar-refractivity contribution in [2.75, 3.05) is 10.6 Å². The van der Waals surface area contributed by atoms with E-state index in [0.29, 0.717) is 22.5 Å². The van der Waals surface area contributed by atoms with Crippen LogP contribution in [0.4, 0.5) is 15.8 Å². The first-order valence-electron chi connectivity index (χ1n) is 9.62. The van der Waals surface area contributed by atoms with Gasteiger partial charge < -0.3 is 10.6 Å². The quantitative estimate of drug-likeness (QED) is 0.387. The minimum atomic E-state index is -0.422. The summed E-state index contributed by atoms with van der Waals surface area (Å²) in [7, 11) is 0. The van der Waals surface area contributed by atoms with Crippen molar-refractivity contribution in [2.24, 2.45) is 0 Å². The number of carbonyl (C=O) groups is 2. The van der Waals surface area contributed by atoms with Crippen LogP contribution in [-0.4, -0.2) is 11.8 Å². The van der Waals surface area contributed by atoms with E-state index in [2.05, 4.69) is 10.6 Å². The molecular weight excluding hydrogens is 411 g/mol. The molecule has 6 heteroatoms. The Balaban J connectivity index is 1.60. The van der Waals surface area contributed by atoms with E-state index in [1.165, 1.54) is 24.3 Å². The number of thiophene rings is 1. The van der Waals surface area contributed by atoms with E-state index in [1.807, 2.05) is 41.9 Å². The van der Waals surface area contributed by atoms with Crippen molar-refractivity contribution < 1.29 is 14.0 Å². The number of amides is 2. The van der Waals surface area contributed by atoms with Crippen molar-refractivity contribution in [2.45, 2.75) is 6.92 Å². The monoisotopic (exact) mass is 430 g/mol. The third kappa shape index (κ3) is 4.70. The normalized spacial score (nSPS) is 10.5. The molecule has 31 heavy (non-hydrogen) atoms.